The summed E-state index contributed by atoms with van der Waals surface area (Å²) in [6.07, 6.45) is 3.09. The van der Waals surface area contributed by atoms with Gasteiger partial charge in [0.15, 0.2) is 0 Å². The van der Waals surface area contributed by atoms with Crippen molar-refractivity contribution < 1.29 is 9.53 Å². The van der Waals surface area contributed by atoms with Crippen molar-refractivity contribution in [1.82, 2.24) is 4.98 Å². The van der Waals surface area contributed by atoms with E-state index in [1.54, 1.807) is 18.3 Å². The Kier molecular flexibility index (Phi) is 3.43. The monoisotopic (exact) mass is 178 g/mol. The molecule has 0 amide bonds. The number of pyridine rings is 1. The van der Waals surface area contributed by atoms with E-state index in [-0.39, 0.29) is 11.9 Å². The predicted molar refractivity (Wildman–Crippen MR) is 49.0 cm³/mol. The van der Waals surface area contributed by atoms with E-state index < -0.39 is 0 Å². The van der Waals surface area contributed by atoms with E-state index in [4.69, 9.17) is 4.74 Å². The summed E-state index contributed by atoms with van der Waals surface area (Å²) in [6.45, 7) is 5.94. The third-order valence-electron chi connectivity index (χ3n) is 1.40. The number of ether oxygens (including phenoxy) is 1. The zero-order valence-corrected chi connectivity index (χ0v) is 7.56. The number of aromatic nitrogens is 1. The molecule has 0 aromatic carbocycles. The van der Waals surface area contributed by atoms with Gasteiger partial charge in [-0.3, -0.25) is 4.98 Å². The zero-order valence-electron chi connectivity index (χ0n) is 7.56. The lowest BCUT2D eigenvalue weighted by atomic mass is 10.2. The third kappa shape index (κ3) is 3.23. The quantitative estimate of drug-likeness (QED) is 0.661. The predicted octanol–water partition coefficient (Wildman–Crippen LogP) is 1.71. The molecule has 1 unspecified atom stereocenters. The van der Waals surface area contributed by atoms with Gasteiger partial charge in [0, 0.05) is 12.4 Å². The Labute approximate surface area is 77.8 Å². The number of hydrogen-bond acceptors (Lipinski definition) is 3. The van der Waals surface area contributed by atoms with Gasteiger partial charge in [-0.05, 0) is 25.0 Å². The summed E-state index contributed by atoms with van der Waals surface area (Å²) in [5, 5.41) is 0. The van der Waals surface area contributed by atoms with Crippen LogP contribution in [0, 0.1) is 12.8 Å². The van der Waals surface area contributed by atoms with Crippen LogP contribution in [0.25, 0.3) is 0 Å². The number of nitrogens with zero attached hydrogens (tertiary/aromatic N) is 1. The second-order valence-electron chi connectivity index (χ2n) is 2.95. The largest absolute Gasteiger partial charge is 0.462 e. The van der Waals surface area contributed by atoms with Crippen LogP contribution in [-0.4, -0.2) is 17.6 Å². The lowest BCUT2D eigenvalue weighted by Crippen LogP contribution is -2.10. The first-order chi connectivity index (χ1) is 6.20. The van der Waals surface area contributed by atoms with Crippen molar-refractivity contribution in [2.75, 3.05) is 6.61 Å². The molecule has 1 heterocycles. The first-order valence-electron chi connectivity index (χ1n) is 4.10. The van der Waals surface area contributed by atoms with Crippen molar-refractivity contribution in [3.63, 3.8) is 0 Å². The Morgan fingerprint density at radius 1 is 1.77 bits per heavy atom. The first-order valence-corrected chi connectivity index (χ1v) is 4.10. The van der Waals surface area contributed by atoms with Gasteiger partial charge in [-0.25, -0.2) is 4.79 Å². The Balaban J connectivity index is 2.50. The highest BCUT2D eigenvalue weighted by molar-refractivity contribution is 5.88. The zero-order chi connectivity index (χ0) is 9.68. The van der Waals surface area contributed by atoms with E-state index in [2.05, 4.69) is 11.9 Å². The fraction of sp³-hybridized carbons (Fsp3) is 0.300. The molecular weight excluding hydrogens is 166 g/mol. The smallest absolute Gasteiger partial charge is 0.339 e. The van der Waals surface area contributed by atoms with Crippen molar-refractivity contribution in [1.29, 1.82) is 0 Å². The molecule has 69 valence electrons. The molecule has 0 fully saturated rings. The SMILES string of the molecule is [CH2]C(C)COC(=O)c1cccnc1. The molecule has 3 nitrogen and oxygen atoms in total. The van der Waals surface area contributed by atoms with Crippen LogP contribution in [-0.2, 0) is 4.74 Å². The molecule has 0 saturated heterocycles. The summed E-state index contributed by atoms with van der Waals surface area (Å²) in [7, 11) is 0. The van der Waals surface area contributed by atoms with Gasteiger partial charge in [0.1, 0.15) is 0 Å². The van der Waals surface area contributed by atoms with Crippen LogP contribution in [0.2, 0.25) is 0 Å². The fourth-order valence-corrected chi connectivity index (χ4v) is 0.785. The second kappa shape index (κ2) is 4.60. The van der Waals surface area contributed by atoms with Crippen molar-refractivity contribution in [2.24, 2.45) is 5.92 Å². The Bertz CT molecular complexity index is 270. The third-order valence-corrected chi connectivity index (χ3v) is 1.40. The summed E-state index contributed by atoms with van der Waals surface area (Å²) in [5.74, 6) is -0.232. The van der Waals surface area contributed by atoms with E-state index >= 15 is 0 Å². The molecule has 0 spiro atoms. The molecule has 1 rings (SSSR count). The highest BCUT2D eigenvalue weighted by Gasteiger charge is 2.06. The summed E-state index contributed by atoms with van der Waals surface area (Å²) < 4.78 is 4.95. The molecule has 0 aliphatic heterocycles. The topological polar surface area (TPSA) is 39.2 Å². The summed E-state index contributed by atoms with van der Waals surface area (Å²) in [6, 6.07) is 3.37. The number of rotatable bonds is 3. The van der Waals surface area contributed by atoms with Crippen molar-refractivity contribution in [3.05, 3.63) is 37.0 Å². The fourth-order valence-electron chi connectivity index (χ4n) is 0.785. The molecular formula is C10H12NO2. The van der Waals surface area contributed by atoms with Crippen LogP contribution < -0.4 is 0 Å². The standard InChI is InChI=1S/C10H12NO2/c1-8(2)7-13-10(12)9-4-3-5-11-6-9/h3-6,8H,1,7H2,2H3. The average Bonchev–Trinajstić information content (AvgIpc) is 2.15. The molecule has 0 aliphatic rings. The van der Waals surface area contributed by atoms with Crippen LogP contribution in [0.15, 0.2) is 24.5 Å². The maximum atomic E-state index is 11.3. The van der Waals surface area contributed by atoms with Crippen LogP contribution in [0.4, 0.5) is 0 Å². The van der Waals surface area contributed by atoms with E-state index in [9.17, 15) is 4.79 Å². The summed E-state index contributed by atoms with van der Waals surface area (Å²) in [5.41, 5.74) is 0.475. The molecule has 1 atom stereocenters. The molecule has 0 saturated carbocycles. The minimum Gasteiger partial charge on any atom is -0.462 e. The normalized spacial score (nSPS) is 10.1. The van der Waals surface area contributed by atoms with E-state index in [0.29, 0.717) is 12.2 Å². The van der Waals surface area contributed by atoms with Crippen LogP contribution >= 0.6 is 0 Å². The van der Waals surface area contributed by atoms with E-state index in [1.165, 1.54) is 6.20 Å². The summed E-state index contributed by atoms with van der Waals surface area (Å²) >= 11 is 0. The minimum atomic E-state index is -0.344. The number of carbonyl (C=O) groups is 1. The number of hydrogen-bond donors (Lipinski definition) is 0. The molecule has 3 heteroatoms. The van der Waals surface area contributed by atoms with Gasteiger partial charge in [0.25, 0.3) is 0 Å². The highest BCUT2D eigenvalue weighted by atomic mass is 16.5. The van der Waals surface area contributed by atoms with Crippen molar-refractivity contribution in [2.45, 2.75) is 6.92 Å². The van der Waals surface area contributed by atoms with Crippen LogP contribution in [0.5, 0.6) is 0 Å². The minimum absolute atomic E-state index is 0.112. The van der Waals surface area contributed by atoms with Gasteiger partial charge in [-0.15, -0.1) is 0 Å². The molecule has 0 aliphatic carbocycles. The van der Waals surface area contributed by atoms with E-state index in [0.717, 1.165) is 0 Å². The molecule has 0 N–H and O–H groups in total. The average molecular weight is 178 g/mol. The Morgan fingerprint density at radius 2 is 2.54 bits per heavy atom. The lowest BCUT2D eigenvalue weighted by molar-refractivity contribution is 0.0470. The van der Waals surface area contributed by atoms with Gasteiger partial charge in [0.05, 0.1) is 12.2 Å². The van der Waals surface area contributed by atoms with E-state index in [1.807, 2.05) is 6.92 Å². The molecule has 0 bridgehead atoms. The van der Waals surface area contributed by atoms with Gasteiger partial charge in [0.2, 0.25) is 0 Å². The molecule has 1 aromatic rings. The van der Waals surface area contributed by atoms with Crippen molar-refractivity contribution in [3.8, 4) is 0 Å². The lowest BCUT2D eigenvalue weighted by Gasteiger charge is -2.05. The van der Waals surface area contributed by atoms with Gasteiger partial charge < -0.3 is 4.74 Å². The first kappa shape index (κ1) is 9.71. The number of carbonyl (C=O) groups excluding carboxylic acids is 1. The molecule has 1 radical (unpaired) electrons. The van der Waals surface area contributed by atoms with Crippen LogP contribution in [0.1, 0.15) is 17.3 Å². The van der Waals surface area contributed by atoms with Gasteiger partial charge in [-0.2, -0.15) is 0 Å². The molecule has 13 heavy (non-hydrogen) atoms. The second-order valence-corrected chi connectivity index (χ2v) is 2.95. The maximum absolute atomic E-state index is 11.3. The van der Waals surface area contributed by atoms with Gasteiger partial charge >= 0.3 is 5.97 Å². The van der Waals surface area contributed by atoms with Gasteiger partial charge in [-0.1, -0.05) is 6.92 Å². The Morgan fingerprint density at radius 3 is 3.08 bits per heavy atom. The van der Waals surface area contributed by atoms with Crippen LogP contribution in [0.3, 0.4) is 0 Å². The Hall–Kier alpha value is -1.38. The maximum Gasteiger partial charge on any atom is 0.339 e. The molecule has 1 aromatic heterocycles. The summed E-state index contributed by atoms with van der Waals surface area (Å²) in [4.78, 5) is 15.1. The highest BCUT2D eigenvalue weighted by Crippen LogP contribution is 2.00. The number of esters is 1. The van der Waals surface area contributed by atoms with Crippen molar-refractivity contribution >= 4 is 5.97 Å².